The Balaban J connectivity index is 0.00000218. The van der Waals surface area contributed by atoms with Gasteiger partial charge in [0.15, 0.2) is 11.5 Å². The molecule has 0 unspecified atom stereocenters. The highest BCUT2D eigenvalue weighted by atomic mass is 79.9. The molecule has 3 aromatic rings. The summed E-state index contributed by atoms with van der Waals surface area (Å²) in [6.07, 6.45) is 0. The molecule has 0 atom stereocenters. The van der Waals surface area contributed by atoms with Crippen molar-refractivity contribution in [2.75, 3.05) is 23.3 Å². The van der Waals surface area contributed by atoms with Crippen LogP contribution >= 0.6 is 32.9 Å². The predicted molar refractivity (Wildman–Crippen MR) is 130 cm³/mol. The fourth-order valence-corrected chi connectivity index (χ4v) is 4.26. The SMILES string of the molecule is Br.Cc1cc2c(cc1C)N(Cc1ccc3c(c1)OCO3)CN2Cc1ccc(Br)cc1. The number of benzene rings is 3. The molecule has 6 heteroatoms. The first-order valence-electron chi connectivity index (χ1n) is 9.81. The molecule has 2 heterocycles. The van der Waals surface area contributed by atoms with Gasteiger partial charge in [-0.25, -0.2) is 0 Å². The smallest absolute Gasteiger partial charge is 0.231 e. The minimum atomic E-state index is 0. The van der Waals surface area contributed by atoms with Gasteiger partial charge >= 0.3 is 0 Å². The van der Waals surface area contributed by atoms with Crippen molar-refractivity contribution in [3.63, 3.8) is 0 Å². The van der Waals surface area contributed by atoms with Crippen molar-refractivity contribution in [3.05, 3.63) is 81.3 Å². The largest absolute Gasteiger partial charge is 0.454 e. The van der Waals surface area contributed by atoms with Crippen LogP contribution in [0.4, 0.5) is 11.4 Å². The summed E-state index contributed by atoms with van der Waals surface area (Å²) >= 11 is 3.53. The van der Waals surface area contributed by atoms with Gasteiger partial charge in [0.2, 0.25) is 6.79 Å². The van der Waals surface area contributed by atoms with E-state index in [9.17, 15) is 0 Å². The van der Waals surface area contributed by atoms with Gasteiger partial charge in [-0.3, -0.25) is 0 Å². The number of aryl methyl sites for hydroxylation is 2. The molecule has 0 aliphatic carbocycles. The molecule has 156 valence electrons. The molecule has 0 amide bonds. The van der Waals surface area contributed by atoms with E-state index in [0.29, 0.717) is 6.79 Å². The summed E-state index contributed by atoms with van der Waals surface area (Å²) in [7, 11) is 0. The first-order chi connectivity index (χ1) is 14.1. The van der Waals surface area contributed by atoms with E-state index < -0.39 is 0 Å². The van der Waals surface area contributed by atoms with Crippen LogP contribution in [0.25, 0.3) is 0 Å². The van der Waals surface area contributed by atoms with Crippen LogP contribution in [0.1, 0.15) is 22.3 Å². The van der Waals surface area contributed by atoms with Gasteiger partial charge in [0.25, 0.3) is 0 Å². The van der Waals surface area contributed by atoms with Crippen LogP contribution in [-0.2, 0) is 13.1 Å². The first-order valence-corrected chi connectivity index (χ1v) is 10.6. The molecule has 0 bridgehead atoms. The summed E-state index contributed by atoms with van der Waals surface area (Å²) in [6.45, 7) is 7.27. The Labute approximate surface area is 196 Å². The van der Waals surface area contributed by atoms with E-state index in [1.807, 2.05) is 6.07 Å². The minimum Gasteiger partial charge on any atom is -0.454 e. The lowest BCUT2D eigenvalue weighted by molar-refractivity contribution is 0.174. The van der Waals surface area contributed by atoms with E-state index in [2.05, 4.69) is 88.1 Å². The Morgan fingerprint density at radius 2 is 1.33 bits per heavy atom. The highest BCUT2D eigenvalue weighted by Gasteiger charge is 2.27. The molecule has 0 saturated carbocycles. The summed E-state index contributed by atoms with van der Waals surface area (Å²) in [5, 5.41) is 0. The van der Waals surface area contributed by atoms with E-state index in [1.165, 1.54) is 33.6 Å². The Hall–Kier alpha value is -2.18. The molecule has 0 radical (unpaired) electrons. The zero-order valence-electron chi connectivity index (χ0n) is 17.0. The van der Waals surface area contributed by atoms with Crippen LogP contribution in [0.5, 0.6) is 11.5 Å². The van der Waals surface area contributed by atoms with Crippen LogP contribution in [0.2, 0.25) is 0 Å². The molecule has 0 fully saturated rings. The fourth-order valence-electron chi connectivity index (χ4n) is 3.99. The van der Waals surface area contributed by atoms with E-state index in [0.717, 1.165) is 35.7 Å². The van der Waals surface area contributed by atoms with E-state index >= 15 is 0 Å². The highest BCUT2D eigenvalue weighted by molar-refractivity contribution is 9.10. The van der Waals surface area contributed by atoms with E-state index in [-0.39, 0.29) is 17.0 Å². The molecule has 30 heavy (non-hydrogen) atoms. The lowest BCUT2D eigenvalue weighted by Gasteiger charge is -2.22. The number of nitrogens with zero attached hydrogens (tertiary/aromatic N) is 2. The summed E-state index contributed by atoms with van der Waals surface area (Å²) < 4.78 is 12.1. The van der Waals surface area contributed by atoms with Crippen LogP contribution in [0.15, 0.2) is 59.1 Å². The average molecular weight is 532 g/mol. The van der Waals surface area contributed by atoms with E-state index in [1.54, 1.807) is 0 Å². The van der Waals surface area contributed by atoms with Crippen molar-refractivity contribution in [2.24, 2.45) is 0 Å². The van der Waals surface area contributed by atoms with Gasteiger partial charge in [0.1, 0.15) is 0 Å². The number of anilines is 2. The maximum absolute atomic E-state index is 5.56. The maximum atomic E-state index is 5.56. The molecule has 0 saturated heterocycles. The Bertz CT molecular complexity index is 1070. The standard InChI is InChI=1S/C24H23BrN2O2.BrH/c1-16-9-21-22(10-17(16)2)27(13-19-5-8-23-24(11-19)29-15-28-23)14-26(21)12-18-3-6-20(25)7-4-18;/h3-11H,12-15H2,1-2H3;1H. The van der Waals surface area contributed by atoms with Gasteiger partial charge in [-0.1, -0.05) is 34.1 Å². The van der Waals surface area contributed by atoms with Crippen molar-refractivity contribution < 1.29 is 9.47 Å². The topological polar surface area (TPSA) is 24.9 Å². The first kappa shape index (κ1) is 21.1. The summed E-state index contributed by atoms with van der Waals surface area (Å²) in [5.41, 5.74) is 7.78. The van der Waals surface area contributed by atoms with Gasteiger partial charge in [-0.2, -0.15) is 0 Å². The van der Waals surface area contributed by atoms with Crippen LogP contribution in [-0.4, -0.2) is 13.5 Å². The van der Waals surface area contributed by atoms with Gasteiger partial charge in [0, 0.05) is 17.6 Å². The quantitative estimate of drug-likeness (QED) is 0.391. The monoisotopic (exact) mass is 530 g/mol. The van der Waals surface area contributed by atoms with Crippen molar-refractivity contribution in [3.8, 4) is 11.5 Å². The van der Waals surface area contributed by atoms with Crippen molar-refractivity contribution in [1.82, 2.24) is 0 Å². The van der Waals surface area contributed by atoms with Crippen LogP contribution < -0.4 is 19.3 Å². The Morgan fingerprint density at radius 1 is 0.767 bits per heavy atom. The summed E-state index contributed by atoms with van der Waals surface area (Å²) in [6, 6.07) is 19.5. The molecule has 2 aliphatic rings. The van der Waals surface area contributed by atoms with Gasteiger partial charge in [-0.15, -0.1) is 17.0 Å². The van der Waals surface area contributed by atoms with Gasteiger partial charge < -0.3 is 19.3 Å². The molecule has 0 spiro atoms. The molecule has 4 nitrogen and oxygen atoms in total. The lowest BCUT2D eigenvalue weighted by atomic mass is 10.1. The zero-order chi connectivity index (χ0) is 20.0. The normalized spacial score (nSPS) is 14.0. The number of rotatable bonds is 4. The number of hydrogen-bond donors (Lipinski definition) is 0. The second kappa shape index (κ2) is 8.52. The molecule has 0 aromatic heterocycles. The number of halogens is 2. The number of hydrogen-bond acceptors (Lipinski definition) is 4. The second-order valence-corrected chi connectivity index (χ2v) is 8.69. The third-order valence-electron chi connectivity index (χ3n) is 5.71. The zero-order valence-corrected chi connectivity index (χ0v) is 20.3. The van der Waals surface area contributed by atoms with Crippen LogP contribution in [0.3, 0.4) is 0 Å². The summed E-state index contributed by atoms with van der Waals surface area (Å²) in [4.78, 5) is 4.90. The minimum absolute atomic E-state index is 0. The molecular weight excluding hydrogens is 508 g/mol. The Morgan fingerprint density at radius 3 is 2.00 bits per heavy atom. The predicted octanol–water partition coefficient (Wildman–Crippen LogP) is 6.36. The van der Waals surface area contributed by atoms with Crippen LogP contribution in [0, 0.1) is 13.8 Å². The molecule has 5 rings (SSSR count). The highest BCUT2D eigenvalue weighted by Crippen LogP contribution is 2.40. The van der Waals surface area contributed by atoms with Gasteiger partial charge in [0.05, 0.1) is 18.0 Å². The lowest BCUT2D eigenvalue weighted by Crippen LogP contribution is -2.30. The summed E-state index contributed by atoms with van der Waals surface area (Å²) in [5.74, 6) is 1.67. The number of ether oxygens (including phenoxy) is 2. The molecule has 3 aromatic carbocycles. The second-order valence-electron chi connectivity index (χ2n) is 7.78. The fraction of sp³-hybridized carbons (Fsp3) is 0.250. The Kier molecular flexibility index (Phi) is 5.98. The van der Waals surface area contributed by atoms with Crippen molar-refractivity contribution in [2.45, 2.75) is 26.9 Å². The molecule has 2 aliphatic heterocycles. The third-order valence-corrected chi connectivity index (χ3v) is 6.24. The van der Waals surface area contributed by atoms with Gasteiger partial charge in [-0.05, 0) is 72.5 Å². The maximum Gasteiger partial charge on any atom is 0.231 e. The van der Waals surface area contributed by atoms with E-state index in [4.69, 9.17) is 9.47 Å². The number of fused-ring (bicyclic) bond motifs is 2. The van der Waals surface area contributed by atoms with Crippen molar-refractivity contribution in [1.29, 1.82) is 0 Å². The third kappa shape index (κ3) is 4.03. The molecule has 0 N–H and O–H groups in total. The van der Waals surface area contributed by atoms with Crippen molar-refractivity contribution >= 4 is 44.3 Å². The average Bonchev–Trinajstić information content (AvgIpc) is 3.29. The molecular formula is C24H24Br2N2O2.